The Labute approximate surface area is 191 Å². The molecule has 4 nitrogen and oxygen atoms in total. The Balaban J connectivity index is 1.51. The number of aliphatic hydroxyl groups is 1. The van der Waals surface area contributed by atoms with E-state index in [1.807, 2.05) is 29.2 Å². The lowest BCUT2D eigenvalue weighted by atomic mass is 9.68. The first kappa shape index (κ1) is 23.5. The first-order valence-electron chi connectivity index (χ1n) is 11.3. The van der Waals surface area contributed by atoms with Gasteiger partial charge in [0.1, 0.15) is 0 Å². The minimum absolute atomic E-state index is 0.0209. The quantitative estimate of drug-likeness (QED) is 0.638. The molecule has 0 aliphatic heterocycles. The molecule has 0 spiro atoms. The lowest BCUT2D eigenvalue weighted by molar-refractivity contribution is -0.258. The summed E-state index contributed by atoms with van der Waals surface area (Å²) in [5.74, 6) is -0.220. The molecule has 2 aliphatic rings. The van der Waals surface area contributed by atoms with Gasteiger partial charge in [0.2, 0.25) is 0 Å². The fourth-order valence-corrected chi connectivity index (χ4v) is 4.83. The van der Waals surface area contributed by atoms with Crippen molar-refractivity contribution in [2.45, 2.75) is 62.3 Å². The van der Waals surface area contributed by atoms with Crippen LogP contribution in [0.2, 0.25) is 0 Å². The molecule has 1 amide bonds. The summed E-state index contributed by atoms with van der Waals surface area (Å²) in [6, 6.07) is 15.3. The highest BCUT2D eigenvalue weighted by molar-refractivity contribution is 5.96. The van der Waals surface area contributed by atoms with Crippen LogP contribution in [0.4, 0.5) is 13.2 Å². The summed E-state index contributed by atoms with van der Waals surface area (Å²) in [6.45, 7) is 1.25. The third-order valence-corrected chi connectivity index (χ3v) is 7.22. The Bertz CT molecular complexity index is 1020. The highest BCUT2D eigenvalue weighted by Crippen LogP contribution is 2.43. The summed E-state index contributed by atoms with van der Waals surface area (Å²) in [5.41, 5.74) is 5.32. The number of allylic oxidation sites excluding steroid dienone is 2. The minimum atomic E-state index is -4.81. The number of halogens is 3. The standard InChI is InChI=1S/C26H29F3N2O2/c1-24(33,26(27,28)29)19-9-7-18(8-10-19)23(32)31(21-11-12-21)22-13-15-25(17-30,16-14-22)20-5-3-2-4-6-20/h2-11,22,33H,12-17,30H2,1H3/t22?,24-,25?/m0/s1. The van der Waals surface area contributed by atoms with Crippen molar-refractivity contribution in [1.29, 1.82) is 0 Å². The molecule has 2 aliphatic carbocycles. The van der Waals surface area contributed by atoms with E-state index in [9.17, 15) is 23.1 Å². The predicted molar refractivity (Wildman–Crippen MR) is 120 cm³/mol. The van der Waals surface area contributed by atoms with Gasteiger partial charge >= 0.3 is 6.18 Å². The average molecular weight is 459 g/mol. The molecule has 1 atom stereocenters. The molecule has 7 heteroatoms. The maximum Gasteiger partial charge on any atom is 0.421 e. The summed E-state index contributed by atoms with van der Waals surface area (Å²) >= 11 is 0. The smallest absolute Gasteiger partial charge is 0.376 e. The largest absolute Gasteiger partial charge is 0.421 e. The van der Waals surface area contributed by atoms with Gasteiger partial charge in [-0.05, 0) is 55.9 Å². The van der Waals surface area contributed by atoms with Gasteiger partial charge in [0.25, 0.3) is 5.91 Å². The van der Waals surface area contributed by atoms with Gasteiger partial charge < -0.3 is 15.7 Å². The normalized spacial score (nSPS) is 24.5. The number of hydrogen-bond acceptors (Lipinski definition) is 3. The van der Waals surface area contributed by atoms with Crippen molar-refractivity contribution in [3.63, 3.8) is 0 Å². The Morgan fingerprint density at radius 1 is 1.09 bits per heavy atom. The van der Waals surface area contributed by atoms with E-state index < -0.39 is 11.8 Å². The van der Waals surface area contributed by atoms with Crippen LogP contribution in [-0.4, -0.2) is 34.7 Å². The van der Waals surface area contributed by atoms with Crippen molar-refractivity contribution >= 4 is 5.91 Å². The lowest BCUT2D eigenvalue weighted by Gasteiger charge is -2.43. The molecule has 0 radical (unpaired) electrons. The van der Waals surface area contributed by atoms with Gasteiger partial charge in [-0.3, -0.25) is 4.79 Å². The zero-order valence-electron chi connectivity index (χ0n) is 18.6. The number of amides is 1. The fraction of sp³-hybridized carbons (Fsp3) is 0.423. The van der Waals surface area contributed by atoms with Crippen LogP contribution in [0.5, 0.6) is 0 Å². The molecule has 3 N–H and O–H groups in total. The van der Waals surface area contributed by atoms with Gasteiger partial charge in [0.05, 0.1) is 0 Å². The number of nitrogens with zero attached hydrogens (tertiary/aromatic N) is 1. The van der Waals surface area contributed by atoms with E-state index in [1.165, 1.54) is 29.8 Å². The van der Waals surface area contributed by atoms with E-state index >= 15 is 0 Å². The molecule has 176 valence electrons. The summed E-state index contributed by atoms with van der Waals surface area (Å²) in [4.78, 5) is 15.2. The van der Waals surface area contributed by atoms with Gasteiger partial charge in [-0.25, -0.2) is 0 Å². The summed E-state index contributed by atoms with van der Waals surface area (Å²) in [5, 5.41) is 9.89. The average Bonchev–Trinajstić information content (AvgIpc) is 3.65. The monoisotopic (exact) mass is 458 g/mol. The van der Waals surface area contributed by atoms with Gasteiger partial charge in [0.15, 0.2) is 5.60 Å². The highest BCUT2D eigenvalue weighted by atomic mass is 19.4. The van der Waals surface area contributed by atoms with Crippen molar-refractivity contribution < 1.29 is 23.1 Å². The number of rotatable bonds is 6. The molecule has 4 rings (SSSR count). The van der Waals surface area contributed by atoms with Gasteiger partial charge in [-0.1, -0.05) is 48.5 Å². The number of benzene rings is 2. The van der Waals surface area contributed by atoms with Gasteiger partial charge in [-0.2, -0.15) is 13.2 Å². The van der Waals surface area contributed by atoms with Crippen molar-refractivity contribution in [3.8, 4) is 0 Å². The molecule has 1 fully saturated rings. The minimum Gasteiger partial charge on any atom is -0.376 e. The van der Waals surface area contributed by atoms with E-state index in [-0.39, 0.29) is 22.9 Å². The van der Waals surface area contributed by atoms with Crippen LogP contribution in [0.25, 0.3) is 0 Å². The first-order chi connectivity index (χ1) is 15.6. The van der Waals surface area contributed by atoms with E-state index in [0.717, 1.165) is 37.8 Å². The molecule has 0 aromatic heterocycles. The summed E-state index contributed by atoms with van der Waals surface area (Å²) in [7, 11) is 0. The third kappa shape index (κ3) is 4.44. The number of alkyl halides is 3. The van der Waals surface area contributed by atoms with Crippen molar-refractivity contribution in [2.24, 2.45) is 5.73 Å². The van der Waals surface area contributed by atoms with Crippen molar-refractivity contribution in [3.05, 3.63) is 83.1 Å². The van der Waals surface area contributed by atoms with Crippen LogP contribution >= 0.6 is 0 Å². The first-order valence-corrected chi connectivity index (χ1v) is 11.3. The molecular formula is C26H29F3N2O2. The number of carbonyl (C=O) groups is 1. The van der Waals surface area contributed by atoms with Crippen molar-refractivity contribution in [1.82, 2.24) is 4.90 Å². The zero-order valence-corrected chi connectivity index (χ0v) is 18.6. The zero-order chi connectivity index (χ0) is 23.9. The Morgan fingerprint density at radius 3 is 2.15 bits per heavy atom. The van der Waals surface area contributed by atoms with Crippen molar-refractivity contribution in [2.75, 3.05) is 6.54 Å². The van der Waals surface area contributed by atoms with Crippen LogP contribution in [0.1, 0.15) is 60.5 Å². The molecule has 33 heavy (non-hydrogen) atoms. The highest BCUT2D eigenvalue weighted by Gasteiger charge is 2.51. The number of nitrogens with two attached hydrogens (primary N) is 1. The van der Waals surface area contributed by atoms with Gasteiger partial charge in [0, 0.05) is 35.7 Å². The maximum absolute atomic E-state index is 13.4. The molecule has 0 heterocycles. The molecular weight excluding hydrogens is 429 g/mol. The number of carbonyl (C=O) groups excluding carboxylic acids is 1. The molecule has 0 saturated heterocycles. The van der Waals surface area contributed by atoms with E-state index in [4.69, 9.17) is 5.73 Å². The molecule has 2 aromatic carbocycles. The molecule has 0 bridgehead atoms. The molecule has 1 saturated carbocycles. The summed E-state index contributed by atoms with van der Waals surface area (Å²) < 4.78 is 39.4. The van der Waals surface area contributed by atoms with Crippen LogP contribution in [0.15, 0.2) is 66.4 Å². The van der Waals surface area contributed by atoms with E-state index in [0.29, 0.717) is 19.0 Å². The predicted octanol–water partition coefficient (Wildman–Crippen LogP) is 5.03. The summed E-state index contributed by atoms with van der Waals surface area (Å²) in [6.07, 6.45) is 1.25. The topological polar surface area (TPSA) is 66.6 Å². The fourth-order valence-electron chi connectivity index (χ4n) is 4.83. The second-order valence-electron chi connectivity index (χ2n) is 9.30. The number of hydrogen-bond donors (Lipinski definition) is 2. The van der Waals surface area contributed by atoms with Crippen LogP contribution in [0.3, 0.4) is 0 Å². The second kappa shape index (κ2) is 8.61. The Morgan fingerprint density at radius 2 is 1.67 bits per heavy atom. The lowest BCUT2D eigenvalue weighted by Crippen LogP contribution is -2.46. The Kier molecular flexibility index (Phi) is 6.14. The van der Waals surface area contributed by atoms with Gasteiger partial charge in [-0.15, -0.1) is 0 Å². The third-order valence-electron chi connectivity index (χ3n) is 7.22. The molecule has 2 aromatic rings. The second-order valence-corrected chi connectivity index (χ2v) is 9.30. The Hall–Kier alpha value is -2.64. The van der Waals surface area contributed by atoms with E-state index in [1.54, 1.807) is 0 Å². The van der Waals surface area contributed by atoms with Crippen LogP contribution < -0.4 is 5.73 Å². The molecule has 0 unspecified atom stereocenters. The van der Waals surface area contributed by atoms with E-state index in [2.05, 4.69) is 12.1 Å². The van der Waals surface area contributed by atoms with Crippen LogP contribution in [0, 0.1) is 0 Å². The maximum atomic E-state index is 13.4. The van der Waals surface area contributed by atoms with Crippen LogP contribution in [-0.2, 0) is 11.0 Å². The SMILES string of the molecule is C[C@](O)(c1ccc(C(=O)N(C2=CC2)C2CCC(CN)(c3ccccc3)CC2)cc1)C(F)(F)F.